The van der Waals surface area contributed by atoms with Gasteiger partial charge in [0.05, 0.1) is 10.9 Å². The lowest BCUT2D eigenvalue weighted by molar-refractivity contribution is -0.122. The third kappa shape index (κ3) is 5.06. The lowest BCUT2D eigenvalue weighted by atomic mass is 10.0. The fourth-order valence-electron chi connectivity index (χ4n) is 2.52. The predicted molar refractivity (Wildman–Crippen MR) is 101 cm³/mol. The van der Waals surface area contributed by atoms with Gasteiger partial charge in [0.2, 0.25) is 10.0 Å². The molecular weight excluding hydrogens is 352 g/mol. The molecule has 0 heterocycles. The van der Waals surface area contributed by atoms with Crippen molar-refractivity contribution in [1.29, 1.82) is 0 Å². The molecule has 2 aromatic carbocycles. The molecule has 0 aromatic heterocycles. The first-order chi connectivity index (χ1) is 12.4. The topological polar surface area (TPSA) is 84.5 Å². The molecule has 26 heavy (non-hydrogen) atoms. The van der Waals surface area contributed by atoms with Crippen LogP contribution in [0.2, 0.25) is 0 Å². The molecule has 0 aliphatic rings. The number of likely N-dealkylation sites (N-methyl/N-ethyl adjacent to an activating group) is 1. The third-order valence-electron chi connectivity index (χ3n) is 3.94. The second kappa shape index (κ2) is 8.82. The molecule has 0 saturated carbocycles. The lowest BCUT2D eigenvalue weighted by Gasteiger charge is -2.20. The van der Waals surface area contributed by atoms with Crippen LogP contribution in [0.5, 0.6) is 5.75 Å². The molecule has 2 rings (SSSR count). The molecular formula is C19H24N2O4S. The molecule has 1 atom stereocenters. The number of carbonyl (C=O) groups excluding carboxylic acids is 1. The SMILES string of the molecule is CC[C@@H](NS(=O)(=O)c1cccc(C)c1)c1ccccc1OCC(=O)NC. The van der Waals surface area contributed by atoms with Gasteiger partial charge in [0.25, 0.3) is 5.91 Å². The minimum atomic E-state index is -3.68. The number of nitrogens with one attached hydrogen (secondary N) is 2. The Morgan fingerprint density at radius 2 is 1.88 bits per heavy atom. The largest absolute Gasteiger partial charge is 0.483 e. The molecule has 2 aromatic rings. The van der Waals surface area contributed by atoms with Gasteiger partial charge < -0.3 is 10.1 Å². The van der Waals surface area contributed by atoms with Gasteiger partial charge in [-0.25, -0.2) is 13.1 Å². The van der Waals surface area contributed by atoms with Crippen LogP contribution < -0.4 is 14.8 Å². The molecule has 6 nitrogen and oxygen atoms in total. The predicted octanol–water partition coefficient (Wildman–Crippen LogP) is 2.55. The lowest BCUT2D eigenvalue weighted by Crippen LogP contribution is -2.29. The molecule has 140 valence electrons. The van der Waals surface area contributed by atoms with E-state index in [2.05, 4.69) is 10.0 Å². The molecule has 0 radical (unpaired) electrons. The number of para-hydroxylation sites is 1. The second-order valence-electron chi connectivity index (χ2n) is 5.90. The zero-order valence-electron chi connectivity index (χ0n) is 15.2. The van der Waals surface area contributed by atoms with Crippen LogP contribution in [-0.2, 0) is 14.8 Å². The van der Waals surface area contributed by atoms with Gasteiger partial charge in [0.15, 0.2) is 6.61 Å². The second-order valence-corrected chi connectivity index (χ2v) is 7.61. The van der Waals surface area contributed by atoms with Crippen molar-refractivity contribution in [3.05, 3.63) is 59.7 Å². The van der Waals surface area contributed by atoms with Crippen LogP contribution in [-0.4, -0.2) is 28.0 Å². The summed E-state index contributed by atoms with van der Waals surface area (Å²) in [7, 11) is -2.15. The molecule has 0 spiro atoms. The summed E-state index contributed by atoms with van der Waals surface area (Å²) < 4.78 is 33.8. The van der Waals surface area contributed by atoms with E-state index in [1.54, 1.807) is 36.4 Å². The van der Waals surface area contributed by atoms with Gasteiger partial charge in [0.1, 0.15) is 5.75 Å². The average Bonchev–Trinajstić information content (AvgIpc) is 2.64. The molecule has 0 aliphatic carbocycles. The quantitative estimate of drug-likeness (QED) is 0.741. The average molecular weight is 376 g/mol. The summed E-state index contributed by atoms with van der Waals surface area (Å²) in [5.41, 5.74) is 1.56. The minimum Gasteiger partial charge on any atom is -0.483 e. The van der Waals surface area contributed by atoms with Crippen molar-refractivity contribution < 1.29 is 17.9 Å². The van der Waals surface area contributed by atoms with Crippen LogP contribution in [0.3, 0.4) is 0 Å². The number of sulfonamides is 1. The Morgan fingerprint density at radius 3 is 2.54 bits per heavy atom. The van der Waals surface area contributed by atoms with E-state index in [1.165, 1.54) is 7.05 Å². The number of ether oxygens (including phenoxy) is 1. The summed E-state index contributed by atoms with van der Waals surface area (Å²) in [6.07, 6.45) is 0.533. The fraction of sp³-hybridized carbons (Fsp3) is 0.316. The van der Waals surface area contributed by atoms with E-state index in [4.69, 9.17) is 4.74 Å². The van der Waals surface area contributed by atoms with Crippen LogP contribution in [0, 0.1) is 6.92 Å². The van der Waals surface area contributed by atoms with E-state index < -0.39 is 16.1 Å². The highest BCUT2D eigenvalue weighted by Crippen LogP contribution is 2.28. The highest BCUT2D eigenvalue weighted by Gasteiger charge is 2.22. The minimum absolute atomic E-state index is 0.130. The molecule has 0 aliphatic heterocycles. The van der Waals surface area contributed by atoms with E-state index in [0.717, 1.165) is 5.56 Å². The van der Waals surface area contributed by atoms with E-state index in [9.17, 15) is 13.2 Å². The first kappa shape index (κ1) is 19.9. The Morgan fingerprint density at radius 1 is 1.15 bits per heavy atom. The molecule has 0 bridgehead atoms. The van der Waals surface area contributed by atoms with Gasteiger partial charge in [-0.3, -0.25) is 4.79 Å². The van der Waals surface area contributed by atoms with Gasteiger partial charge in [-0.15, -0.1) is 0 Å². The molecule has 0 saturated heterocycles. The zero-order valence-corrected chi connectivity index (χ0v) is 16.0. The molecule has 7 heteroatoms. The van der Waals surface area contributed by atoms with E-state index in [1.807, 2.05) is 26.0 Å². The van der Waals surface area contributed by atoms with Crippen LogP contribution in [0.15, 0.2) is 53.4 Å². The van der Waals surface area contributed by atoms with E-state index in [0.29, 0.717) is 17.7 Å². The number of aryl methyl sites for hydroxylation is 1. The Balaban J connectivity index is 2.27. The highest BCUT2D eigenvalue weighted by molar-refractivity contribution is 7.89. The summed E-state index contributed by atoms with van der Waals surface area (Å²) in [5, 5.41) is 2.49. The Bertz CT molecular complexity index is 865. The molecule has 2 N–H and O–H groups in total. The van der Waals surface area contributed by atoms with Crippen molar-refractivity contribution in [1.82, 2.24) is 10.0 Å². The maximum absolute atomic E-state index is 12.7. The summed E-state index contributed by atoms with van der Waals surface area (Å²) in [5.74, 6) is 0.225. The highest BCUT2D eigenvalue weighted by atomic mass is 32.2. The standard InChI is InChI=1S/C19H24N2O4S/c1-4-17(21-26(23,24)15-9-7-8-14(2)12-15)16-10-5-6-11-18(16)25-13-19(22)20-3/h5-12,17,21H,4,13H2,1-3H3,(H,20,22)/t17-/m1/s1. The zero-order chi connectivity index (χ0) is 19.2. The van der Waals surface area contributed by atoms with Gasteiger partial charge in [-0.05, 0) is 37.1 Å². The maximum atomic E-state index is 12.7. The first-order valence-corrected chi connectivity index (χ1v) is 9.87. The van der Waals surface area contributed by atoms with Crippen molar-refractivity contribution in [2.75, 3.05) is 13.7 Å². The number of rotatable bonds is 8. The maximum Gasteiger partial charge on any atom is 0.257 e. The number of hydrogen-bond donors (Lipinski definition) is 2. The van der Waals surface area contributed by atoms with Crippen molar-refractivity contribution in [3.8, 4) is 5.75 Å². The summed E-state index contributed by atoms with van der Waals surface area (Å²) >= 11 is 0. The fourth-order valence-corrected chi connectivity index (χ4v) is 3.92. The summed E-state index contributed by atoms with van der Waals surface area (Å²) in [4.78, 5) is 11.7. The first-order valence-electron chi connectivity index (χ1n) is 8.38. The summed E-state index contributed by atoms with van der Waals surface area (Å²) in [6.45, 7) is 3.60. The molecule has 0 fully saturated rings. The smallest absolute Gasteiger partial charge is 0.257 e. The Kier molecular flexibility index (Phi) is 6.76. The Hall–Kier alpha value is -2.38. The van der Waals surface area contributed by atoms with Crippen LogP contribution in [0.1, 0.15) is 30.5 Å². The number of carbonyl (C=O) groups is 1. The van der Waals surface area contributed by atoms with Crippen molar-refractivity contribution in [2.45, 2.75) is 31.2 Å². The number of hydrogen-bond acceptors (Lipinski definition) is 4. The molecule has 1 amide bonds. The Labute approximate surface area is 154 Å². The normalized spacial score (nSPS) is 12.4. The number of amides is 1. The molecule has 0 unspecified atom stereocenters. The van der Waals surface area contributed by atoms with Crippen molar-refractivity contribution in [2.24, 2.45) is 0 Å². The van der Waals surface area contributed by atoms with Gasteiger partial charge >= 0.3 is 0 Å². The third-order valence-corrected chi connectivity index (χ3v) is 5.41. The summed E-state index contributed by atoms with van der Waals surface area (Å²) in [6, 6.07) is 13.4. The number of benzene rings is 2. The van der Waals surface area contributed by atoms with Gasteiger partial charge in [-0.2, -0.15) is 0 Å². The van der Waals surface area contributed by atoms with Crippen molar-refractivity contribution >= 4 is 15.9 Å². The van der Waals surface area contributed by atoms with Gasteiger partial charge in [-0.1, -0.05) is 37.3 Å². The van der Waals surface area contributed by atoms with Crippen molar-refractivity contribution in [3.63, 3.8) is 0 Å². The van der Waals surface area contributed by atoms with E-state index in [-0.39, 0.29) is 17.4 Å². The monoisotopic (exact) mass is 376 g/mol. The van der Waals surface area contributed by atoms with Crippen LogP contribution in [0.25, 0.3) is 0 Å². The van der Waals surface area contributed by atoms with Crippen LogP contribution >= 0.6 is 0 Å². The van der Waals surface area contributed by atoms with Gasteiger partial charge in [0, 0.05) is 12.6 Å². The van der Waals surface area contributed by atoms with E-state index >= 15 is 0 Å². The van der Waals surface area contributed by atoms with Crippen LogP contribution in [0.4, 0.5) is 0 Å².